The van der Waals surface area contributed by atoms with Gasteiger partial charge in [-0.3, -0.25) is 14.4 Å². The highest BCUT2D eigenvalue weighted by atomic mass is 16.4. The second kappa shape index (κ2) is 10.9. The first-order chi connectivity index (χ1) is 18.2. The molecule has 2 amide bonds. The van der Waals surface area contributed by atoms with Crippen molar-refractivity contribution < 1.29 is 23.6 Å². The van der Waals surface area contributed by atoms with Gasteiger partial charge in [0.15, 0.2) is 0 Å². The van der Waals surface area contributed by atoms with Crippen LogP contribution in [0, 0.1) is 16.7 Å². The monoisotopic (exact) mass is 489 g/mol. The lowest BCUT2D eigenvalue weighted by Gasteiger charge is -2.31. The normalized spacial score (nSPS) is 14.3. The van der Waals surface area contributed by atoms with E-state index in [0.29, 0.717) is 11.3 Å². The van der Waals surface area contributed by atoms with Crippen LogP contribution in [0.3, 0.4) is 0 Å². The van der Waals surface area contributed by atoms with Crippen LogP contribution in [0.2, 0.25) is 0 Å². The number of rotatable bonds is 8. The highest BCUT2D eigenvalue weighted by Gasteiger charge is 2.35. The molecule has 2 aromatic carbocycles. The third-order valence-electron chi connectivity index (χ3n) is 5.85. The maximum Gasteiger partial charge on any atom is 0.306 e. The predicted molar refractivity (Wildman–Crippen MR) is 137 cm³/mol. The predicted octanol–water partition coefficient (Wildman–Crippen LogP) is 3.99. The molecule has 2 unspecified atom stereocenters. The van der Waals surface area contributed by atoms with Crippen molar-refractivity contribution in [2.24, 2.45) is 5.41 Å². The molecule has 0 aliphatic carbocycles. The fourth-order valence-corrected chi connectivity index (χ4v) is 3.95. The number of carbonyl (C=O) groups excluding carboxylic acids is 2. The van der Waals surface area contributed by atoms with E-state index < -0.39 is 48.7 Å². The minimum absolute atomic E-state index is 0.556. The van der Waals surface area contributed by atoms with Gasteiger partial charge < -0.3 is 20.3 Å². The van der Waals surface area contributed by atoms with Crippen LogP contribution in [0.5, 0.6) is 0 Å². The lowest BCUT2D eigenvalue weighted by Crippen LogP contribution is -2.54. The molecule has 0 fully saturated rings. The Morgan fingerprint density at radius 1 is 1.00 bits per heavy atom. The summed E-state index contributed by atoms with van der Waals surface area (Å²) in [7, 11) is 0. The van der Waals surface area contributed by atoms with Crippen LogP contribution >= 0.6 is 0 Å². The van der Waals surface area contributed by atoms with Crippen molar-refractivity contribution in [2.45, 2.75) is 39.3 Å². The molecule has 3 rings (SSSR count). The Bertz CT molecular complexity index is 1380. The number of hydrogen-bond donors (Lipinski definition) is 3. The maximum absolute atomic E-state index is 13.4. The van der Waals surface area contributed by atoms with Crippen LogP contribution in [0.25, 0.3) is 22.4 Å². The smallest absolute Gasteiger partial charge is 0.306 e. The number of carboxylic acid groups (broad SMARTS) is 1. The van der Waals surface area contributed by atoms with Crippen molar-refractivity contribution in [3.63, 3.8) is 0 Å². The first-order valence-electron chi connectivity index (χ1n) is 12.8. The van der Waals surface area contributed by atoms with Gasteiger partial charge in [0.1, 0.15) is 12.1 Å². The van der Waals surface area contributed by atoms with Crippen LogP contribution in [0.4, 0.5) is 0 Å². The fraction of sp³-hybridized carbons (Fsp3) is 0.286. The van der Waals surface area contributed by atoms with Gasteiger partial charge in [-0.15, -0.1) is 0 Å². The van der Waals surface area contributed by atoms with Gasteiger partial charge in [0.25, 0.3) is 0 Å². The number of carbonyl (C=O) groups is 3. The quantitative estimate of drug-likeness (QED) is 0.441. The van der Waals surface area contributed by atoms with Gasteiger partial charge >= 0.3 is 5.97 Å². The lowest BCUT2D eigenvalue weighted by atomic mass is 9.86. The van der Waals surface area contributed by atoms with Crippen LogP contribution in [0.1, 0.15) is 42.9 Å². The molecule has 36 heavy (non-hydrogen) atoms. The Morgan fingerprint density at radius 2 is 1.58 bits per heavy atom. The van der Waals surface area contributed by atoms with Gasteiger partial charge in [0, 0.05) is 23.0 Å². The minimum Gasteiger partial charge on any atom is -0.481 e. The number of amides is 2. The molecule has 0 saturated carbocycles. The Kier molecular flexibility index (Phi) is 6.70. The molecule has 8 heteroatoms. The summed E-state index contributed by atoms with van der Waals surface area (Å²) < 4.78 is 23.5. The highest BCUT2D eigenvalue weighted by Crippen LogP contribution is 2.29. The van der Waals surface area contributed by atoms with Crippen LogP contribution in [-0.4, -0.2) is 40.5 Å². The number of hydrogen-bond acceptors (Lipinski definition) is 4. The van der Waals surface area contributed by atoms with Crippen LogP contribution in [-0.2, 0) is 14.4 Å². The SMILES string of the molecule is [2H]C([2H])([2H])NC(=O)C(NC(=O)C(CC(=O)O)n1cccc1-c1ccc(-c2ccc(C#N)cc2)cc1)C(C)(C)C. The molecule has 0 spiro atoms. The summed E-state index contributed by atoms with van der Waals surface area (Å²) in [5, 5.41) is 23.1. The second-order valence-electron chi connectivity index (χ2n) is 9.48. The van der Waals surface area contributed by atoms with Gasteiger partial charge in [-0.1, -0.05) is 57.2 Å². The van der Waals surface area contributed by atoms with Gasteiger partial charge in [-0.25, -0.2) is 0 Å². The number of aromatic nitrogens is 1. The molecule has 3 N–H and O–H groups in total. The number of nitrogens with zero attached hydrogens (tertiary/aromatic N) is 2. The zero-order valence-corrected chi connectivity index (χ0v) is 20.3. The third-order valence-corrected chi connectivity index (χ3v) is 5.85. The van der Waals surface area contributed by atoms with Crippen molar-refractivity contribution >= 4 is 17.8 Å². The van der Waals surface area contributed by atoms with Gasteiger partial charge in [0.05, 0.1) is 18.1 Å². The maximum atomic E-state index is 13.4. The average molecular weight is 490 g/mol. The Balaban J connectivity index is 1.92. The molecule has 186 valence electrons. The molecule has 0 aliphatic rings. The molecular weight excluding hydrogens is 456 g/mol. The number of likely N-dealkylation sites (N-methyl/N-ethyl adjacent to an activating group) is 1. The molecule has 0 saturated heterocycles. The molecule has 0 bridgehead atoms. The summed E-state index contributed by atoms with van der Waals surface area (Å²) in [5.41, 5.74) is 2.84. The summed E-state index contributed by atoms with van der Waals surface area (Å²) in [6.07, 6.45) is 1.03. The zero-order chi connectivity index (χ0) is 29.0. The number of nitrogens with one attached hydrogen (secondary N) is 2. The van der Waals surface area contributed by atoms with E-state index in [1.807, 2.05) is 41.7 Å². The average Bonchev–Trinajstić information content (AvgIpc) is 3.33. The molecule has 2 atom stereocenters. The summed E-state index contributed by atoms with van der Waals surface area (Å²) >= 11 is 0. The summed E-state index contributed by atoms with van der Waals surface area (Å²) in [4.78, 5) is 37.9. The van der Waals surface area contributed by atoms with E-state index >= 15 is 0 Å². The fourth-order valence-electron chi connectivity index (χ4n) is 3.95. The van der Waals surface area contributed by atoms with Gasteiger partial charge in [-0.05, 0) is 46.4 Å². The molecule has 1 aromatic heterocycles. The van der Waals surface area contributed by atoms with Gasteiger partial charge in [-0.2, -0.15) is 5.26 Å². The van der Waals surface area contributed by atoms with E-state index in [-0.39, 0.29) is 0 Å². The minimum atomic E-state index is -2.75. The van der Waals surface area contributed by atoms with E-state index in [1.54, 1.807) is 51.2 Å². The van der Waals surface area contributed by atoms with E-state index in [4.69, 9.17) is 9.37 Å². The molecule has 1 heterocycles. The number of aliphatic carboxylic acids is 1. The highest BCUT2D eigenvalue weighted by molar-refractivity contribution is 5.91. The molecule has 8 nitrogen and oxygen atoms in total. The lowest BCUT2D eigenvalue weighted by molar-refractivity contribution is -0.141. The zero-order valence-electron chi connectivity index (χ0n) is 23.3. The number of benzene rings is 2. The molecule has 3 aromatic rings. The molecule has 0 radical (unpaired) electrons. The summed E-state index contributed by atoms with van der Waals surface area (Å²) in [6, 6.07) is 17.7. The Hall–Kier alpha value is -4.38. The molecule has 0 aliphatic heterocycles. The van der Waals surface area contributed by atoms with Gasteiger partial charge in [0.2, 0.25) is 11.8 Å². The van der Waals surface area contributed by atoms with E-state index in [1.165, 1.54) is 4.57 Å². The summed E-state index contributed by atoms with van der Waals surface area (Å²) in [5.74, 6) is -2.84. The number of carboxylic acids is 1. The van der Waals surface area contributed by atoms with E-state index in [0.717, 1.165) is 16.7 Å². The van der Waals surface area contributed by atoms with Crippen molar-refractivity contribution in [1.29, 1.82) is 5.26 Å². The second-order valence-corrected chi connectivity index (χ2v) is 9.48. The van der Waals surface area contributed by atoms with E-state index in [2.05, 4.69) is 11.4 Å². The standard InChI is InChI=1S/C28H30N4O4/c1-28(2,3)25(27(36)30-4)31-26(35)23(16-24(33)34)32-15-5-6-22(32)21-13-11-20(12-14-21)19-9-7-18(17-29)8-10-19/h5-15,23,25H,16H2,1-4H3,(H,30,36)(H,31,35)(H,33,34)/i4D3. The van der Waals surface area contributed by atoms with Crippen molar-refractivity contribution in [1.82, 2.24) is 15.2 Å². The van der Waals surface area contributed by atoms with Crippen LogP contribution in [0.15, 0.2) is 66.9 Å². The summed E-state index contributed by atoms with van der Waals surface area (Å²) in [6.45, 7) is 2.25. The Labute approximate surface area is 214 Å². The largest absolute Gasteiger partial charge is 0.481 e. The Morgan fingerprint density at radius 3 is 2.11 bits per heavy atom. The first kappa shape index (κ1) is 22.1. The first-order valence-corrected chi connectivity index (χ1v) is 11.3. The third kappa shape index (κ3) is 5.99. The van der Waals surface area contributed by atoms with Crippen molar-refractivity contribution in [3.8, 4) is 28.5 Å². The number of nitriles is 1. The van der Waals surface area contributed by atoms with Crippen LogP contribution < -0.4 is 10.6 Å². The van der Waals surface area contributed by atoms with Crippen molar-refractivity contribution in [2.75, 3.05) is 6.98 Å². The van der Waals surface area contributed by atoms with E-state index in [9.17, 15) is 19.5 Å². The topological polar surface area (TPSA) is 124 Å². The van der Waals surface area contributed by atoms with Crippen molar-refractivity contribution in [3.05, 3.63) is 72.4 Å². The molecular formula is C28H30N4O4.